The van der Waals surface area contributed by atoms with Gasteiger partial charge in [-0.1, -0.05) is 30.3 Å². The van der Waals surface area contributed by atoms with Crippen LogP contribution in [-0.2, 0) is 20.7 Å². The van der Waals surface area contributed by atoms with E-state index in [0.29, 0.717) is 51.7 Å². The Hall–Kier alpha value is -2.12. The molecule has 1 N–H and O–H groups in total. The van der Waals surface area contributed by atoms with Gasteiger partial charge in [-0.15, -0.1) is 0 Å². The van der Waals surface area contributed by atoms with Gasteiger partial charge in [-0.25, -0.2) is 4.79 Å². The minimum atomic E-state index is -0.499. The molecular formula is C24H38N2O5. The van der Waals surface area contributed by atoms with Gasteiger partial charge in [0.1, 0.15) is 5.60 Å². The number of carbonyl (C=O) groups excluding carboxylic acids is 2. The fraction of sp³-hybridized carbons (Fsp3) is 0.667. The molecule has 0 aliphatic carbocycles. The average Bonchev–Trinajstić information content (AvgIpc) is 2.73. The molecule has 7 heteroatoms. The Morgan fingerprint density at radius 1 is 1.13 bits per heavy atom. The first-order chi connectivity index (χ1) is 14.8. The average molecular weight is 435 g/mol. The third-order valence-corrected chi connectivity index (χ3v) is 5.31. The van der Waals surface area contributed by atoms with Crippen molar-refractivity contribution in [2.24, 2.45) is 5.92 Å². The highest BCUT2D eigenvalue weighted by Crippen LogP contribution is 2.21. The van der Waals surface area contributed by atoms with Crippen molar-refractivity contribution in [2.75, 3.05) is 46.0 Å². The molecule has 2 amide bonds. The van der Waals surface area contributed by atoms with Gasteiger partial charge in [-0.05, 0) is 51.5 Å². The summed E-state index contributed by atoms with van der Waals surface area (Å²) in [5, 5.41) is 9.38. The SMILES string of the molecule is CC(C)(C)OC(=O)N1CCC(CN(CCO)C(=O)CCOCCc2ccccc2)CC1. The van der Waals surface area contributed by atoms with Gasteiger partial charge in [0.2, 0.25) is 5.91 Å². The number of ether oxygens (including phenoxy) is 2. The molecular weight excluding hydrogens is 396 g/mol. The summed E-state index contributed by atoms with van der Waals surface area (Å²) < 4.78 is 11.1. The van der Waals surface area contributed by atoms with Crippen molar-refractivity contribution in [2.45, 2.75) is 52.1 Å². The second-order valence-electron chi connectivity index (χ2n) is 9.07. The second-order valence-corrected chi connectivity index (χ2v) is 9.07. The molecule has 1 aliphatic heterocycles. The molecule has 2 rings (SSSR count). The van der Waals surface area contributed by atoms with Crippen LogP contribution in [0.5, 0.6) is 0 Å². The predicted molar refractivity (Wildman–Crippen MR) is 120 cm³/mol. The number of benzene rings is 1. The fourth-order valence-electron chi connectivity index (χ4n) is 3.63. The highest BCUT2D eigenvalue weighted by molar-refractivity contribution is 5.76. The molecule has 1 heterocycles. The predicted octanol–water partition coefficient (Wildman–Crippen LogP) is 3.10. The maximum Gasteiger partial charge on any atom is 0.410 e. The zero-order valence-electron chi connectivity index (χ0n) is 19.2. The maximum absolute atomic E-state index is 12.6. The lowest BCUT2D eigenvalue weighted by Crippen LogP contribution is -2.45. The summed E-state index contributed by atoms with van der Waals surface area (Å²) in [7, 11) is 0. The Balaban J connectivity index is 1.69. The summed E-state index contributed by atoms with van der Waals surface area (Å²) in [6.45, 7) is 8.68. The molecule has 7 nitrogen and oxygen atoms in total. The number of rotatable bonds is 10. The van der Waals surface area contributed by atoms with Gasteiger partial charge in [-0.3, -0.25) is 4.79 Å². The fourth-order valence-corrected chi connectivity index (χ4v) is 3.63. The highest BCUT2D eigenvalue weighted by atomic mass is 16.6. The second kappa shape index (κ2) is 12.7. The summed E-state index contributed by atoms with van der Waals surface area (Å²) in [5.41, 5.74) is 0.718. The number of hydrogen-bond acceptors (Lipinski definition) is 5. The first-order valence-electron chi connectivity index (χ1n) is 11.3. The van der Waals surface area contributed by atoms with E-state index in [-0.39, 0.29) is 18.6 Å². The Morgan fingerprint density at radius 3 is 2.42 bits per heavy atom. The van der Waals surface area contributed by atoms with E-state index in [1.165, 1.54) is 5.56 Å². The van der Waals surface area contributed by atoms with Crippen LogP contribution < -0.4 is 0 Å². The van der Waals surface area contributed by atoms with Crippen molar-refractivity contribution in [1.29, 1.82) is 0 Å². The van der Waals surface area contributed by atoms with Gasteiger partial charge >= 0.3 is 6.09 Å². The molecule has 0 saturated carbocycles. The van der Waals surface area contributed by atoms with Crippen LogP contribution in [-0.4, -0.2) is 78.5 Å². The standard InChI is InChI=1S/C24H38N2O5/c1-24(2,3)31-23(29)25-13-9-21(10-14-25)19-26(15-16-27)22(28)12-18-30-17-11-20-7-5-4-6-8-20/h4-8,21,27H,9-19H2,1-3H3. The molecule has 1 aliphatic rings. The van der Waals surface area contributed by atoms with Crippen LogP contribution in [0.15, 0.2) is 30.3 Å². The van der Waals surface area contributed by atoms with Crippen molar-refractivity contribution in [1.82, 2.24) is 9.80 Å². The molecule has 1 fully saturated rings. The molecule has 0 aromatic heterocycles. The van der Waals surface area contributed by atoms with Crippen LogP contribution in [0.25, 0.3) is 0 Å². The number of piperidine rings is 1. The molecule has 1 saturated heterocycles. The number of aliphatic hydroxyl groups excluding tert-OH is 1. The van der Waals surface area contributed by atoms with Crippen molar-refractivity contribution < 1.29 is 24.2 Å². The molecule has 0 unspecified atom stereocenters. The minimum absolute atomic E-state index is 0.00309. The lowest BCUT2D eigenvalue weighted by molar-refractivity contribution is -0.133. The van der Waals surface area contributed by atoms with Crippen LogP contribution >= 0.6 is 0 Å². The van der Waals surface area contributed by atoms with Crippen molar-refractivity contribution >= 4 is 12.0 Å². The Labute approximate surface area is 186 Å². The third kappa shape index (κ3) is 9.70. The Bertz CT molecular complexity index is 666. The van der Waals surface area contributed by atoms with E-state index in [4.69, 9.17) is 9.47 Å². The van der Waals surface area contributed by atoms with Crippen molar-refractivity contribution in [3.63, 3.8) is 0 Å². The lowest BCUT2D eigenvalue weighted by Gasteiger charge is -2.35. The largest absolute Gasteiger partial charge is 0.444 e. The quantitative estimate of drug-likeness (QED) is 0.573. The van der Waals surface area contributed by atoms with E-state index < -0.39 is 5.60 Å². The summed E-state index contributed by atoms with van der Waals surface area (Å²) in [4.78, 5) is 28.3. The topological polar surface area (TPSA) is 79.3 Å². The summed E-state index contributed by atoms with van der Waals surface area (Å²) in [6, 6.07) is 10.1. The minimum Gasteiger partial charge on any atom is -0.444 e. The van der Waals surface area contributed by atoms with Crippen LogP contribution in [0.2, 0.25) is 0 Å². The van der Waals surface area contributed by atoms with Crippen LogP contribution in [0.3, 0.4) is 0 Å². The molecule has 0 bridgehead atoms. The van der Waals surface area contributed by atoms with Crippen LogP contribution in [0.4, 0.5) is 4.79 Å². The number of carbonyl (C=O) groups is 2. The monoisotopic (exact) mass is 434 g/mol. The molecule has 1 aromatic rings. The van der Waals surface area contributed by atoms with Crippen molar-refractivity contribution in [3.05, 3.63) is 35.9 Å². The third-order valence-electron chi connectivity index (χ3n) is 5.31. The summed E-state index contributed by atoms with van der Waals surface area (Å²) >= 11 is 0. The normalized spacial score (nSPS) is 15.0. The van der Waals surface area contributed by atoms with Gasteiger partial charge in [-0.2, -0.15) is 0 Å². The Morgan fingerprint density at radius 2 is 1.81 bits per heavy atom. The van der Waals surface area contributed by atoms with E-state index in [1.807, 2.05) is 39.0 Å². The highest BCUT2D eigenvalue weighted by Gasteiger charge is 2.28. The number of nitrogens with zero attached hydrogens (tertiary/aromatic N) is 2. The number of amides is 2. The van der Waals surface area contributed by atoms with Gasteiger partial charge in [0, 0.05) is 26.2 Å². The molecule has 0 atom stereocenters. The van der Waals surface area contributed by atoms with E-state index in [2.05, 4.69) is 12.1 Å². The van der Waals surface area contributed by atoms with Gasteiger partial charge < -0.3 is 24.4 Å². The van der Waals surface area contributed by atoms with E-state index in [9.17, 15) is 14.7 Å². The van der Waals surface area contributed by atoms with E-state index in [0.717, 1.165) is 19.3 Å². The van der Waals surface area contributed by atoms with E-state index in [1.54, 1.807) is 9.80 Å². The summed E-state index contributed by atoms with van der Waals surface area (Å²) in [6.07, 6.45) is 2.50. The first-order valence-corrected chi connectivity index (χ1v) is 11.3. The smallest absolute Gasteiger partial charge is 0.410 e. The molecule has 31 heavy (non-hydrogen) atoms. The van der Waals surface area contributed by atoms with Crippen LogP contribution in [0.1, 0.15) is 45.6 Å². The van der Waals surface area contributed by atoms with Gasteiger partial charge in [0.05, 0.1) is 26.2 Å². The van der Waals surface area contributed by atoms with E-state index >= 15 is 0 Å². The first kappa shape index (κ1) is 25.1. The summed E-state index contributed by atoms with van der Waals surface area (Å²) in [5.74, 6) is 0.316. The number of hydrogen-bond donors (Lipinski definition) is 1. The van der Waals surface area contributed by atoms with Crippen molar-refractivity contribution in [3.8, 4) is 0 Å². The number of aliphatic hydroxyl groups is 1. The molecule has 0 spiro atoms. The van der Waals surface area contributed by atoms with Crippen LogP contribution in [0, 0.1) is 5.92 Å². The molecule has 0 radical (unpaired) electrons. The molecule has 174 valence electrons. The molecule has 1 aromatic carbocycles. The Kier molecular flexibility index (Phi) is 10.3. The number of likely N-dealkylation sites (tertiary alicyclic amines) is 1. The zero-order chi connectivity index (χ0) is 22.7. The lowest BCUT2D eigenvalue weighted by atomic mass is 9.96. The van der Waals surface area contributed by atoms with Gasteiger partial charge in [0.25, 0.3) is 0 Å². The van der Waals surface area contributed by atoms with Gasteiger partial charge in [0.15, 0.2) is 0 Å². The maximum atomic E-state index is 12.6. The zero-order valence-corrected chi connectivity index (χ0v) is 19.2.